The summed E-state index contributed by atoms with van der Waals surface area (Å²) < 4.78 is 4.91. The van der Waals surface area contributed by atoms with Gasteiger partial charge in [0.2, 0.25) is 0 Å². The van der Waals surface area contributed by atoms with Gasteiger partial charge < -0.3 is 20.1 Å². The SMILES string of the molecule is C=CCN(CCOC)C(=O)NCCC(C)C(=O)O. The normalized spacial score (nSPS) is 11.7. The molecule has 0 radical (unpaired) electrons. The molecule has 104 valence electrons. The van der Waals surface area contributed by atoms with E-state index < -0.39 is 11.9 Å². The molecule has 1 atom stereocenters. The van der Waals surface area contributed by atoms with Crippen molar-refractivity contribution in [3.05, 3.63) is 12.7 Å². The molecule has 0 aromatic heterocycles. The molecule has 0 aliphatic carbocycles. The predicted molar refractivity (Wildman–Crippen MR) is 68.5 cm³/mol. The van der Waals surface area contributed by atoms with Crippen LogP contribution in [0.25, 0.3) is 0 Å². The van der Waals surface area contributed by atoms with E-state index >= 15 is 0 Å². The maximum Gasteiger partial charge on any atom is 0.317 e. The van der Waals surface area contributed by atoms with E-state index in [1.807, 2.05) is 0 Å². The quantitative estimate of drug-likeness (QED) is 0.603. The van der Waals surface area contributed by atoms with Gasteiger partial charge in [0.25, 0.3) is 0 Å². The minimum atomic E-state index is -0.855. The first-order chi connectivity index (χ1) is 8.52. The minimum Gasteiger partial charge on any atom is -0.481 e. The summed E-state index contributed by atoms with van der Waals surface area (Å²) in [5.41, 5.74) is 0. The van der Waals surface area contributed by atoms with Crippen molar-refractivity contribution in [3.63, 3.8) is 0 Å². The third-order valence-corrected chi connectivity index (χ3v) is 2.48. The number of carboxylic acids is 1. The molecule has 0 saturated heterocycles. The second-order valence-corrected chi connectivity index (χ2v) is 3.99. The first-order valence-corrected chi connectivity index (χ1v) is 5.88. The number of aliphatic carboxylic acids is 1. The van der Waals surface area contributed by atoms with Crippen molar-refractivity contribution >= 4 is 12.0 Å². The van der Waals surface area contributed by atoms with E-state index in [9.17, 15) is 9.59 Å². The summed E-state index contributed by atoms with van der Waals surface area (Å²) in [5.74, 6) is -1.32. The largest absolute Gasteiger partial charge is 0.481 e. The fraction of sp³-hybridized carbons (Fsp3) is 0.667. The average molecular weight is 258 g/mol. The molecular weight excluding hydrogens is 236 g/mol. The van der Waals surface area contributed by atoms with E-state index in [0.717, 1.165) is 0 Å². The number of hydrogen-bond donors (Lipinski definition) is 2. The highest BCUT2D eigenvalue weighted by Gasteiger charge is 2.13. The van der Waals surface area contributed by atoms with Crippen LogP contribution in [0.5, 0.6) is 0 Å². The van der Waals surface area contributed by atoms with Gasteiger partial charge in [-0.2, -0.15) is 0 Å². The van der Waals surface area contributed by atoms with E-state index in [4.69, 9.17) is 9.84 Å². The van der Waals surface area contributed by atoms with Gasteiger partial charge in [0.1, 0.15) is 0 Å². The lowest BCUT2D eigenvalue weighted by Crippen LogP contribution is -2.42. The molecule has 0 aromatic carbocycles. The number of nitrogens with zero attached hydrogens (tertiary/aromatic N) is 1. The monoisotopic (exact) mass is 258 g/mol. The highest BCUT2D eigenvalue weighted by atomic mass is 16.5. The zero-order valence-electron chi connectivity index (χ0n) is 11.0. The lowest BCUT2D eigenvalue weighted by molar-refractivity contribution is -0.141. The third-order valence-electron chi connectivity index (χ3n) is 2.48. The van der Waals surface area contributed by atoms with Crippen molar-refractivity contribution in [3.8, 4) is 0 Å². The summed E-state index contributed by atoms with van der Waals surface area (Å²) in [7, 11) is 1.57. The van der Waals surface area contributed by atoms with E-state index in [0.29, 0.717) is 32.7 Å². The Labute approximate surface area is 108 Å². The van der Waals surface area contributed by atoms with Gasteiger partial charge in [-0.15, -0.1) is 6.58 Å². The first-order valence-electron chi connectivity index (χ1n) is 5.88. The topological polar surface area (TPSA) is 78.9 Å². The molecule has 0 aliphatic rings. The van der Waals surface area contributed by atoms with E-state index in [1.54, 1.807) is 25.0 Å². The summed E-state index contributed by atoms with van der Waals surface area (Å²) in [6, 6.07) is -0.232. The fourth-order valence-corrected chi connectivity index (χ4v) is 1.26. The van der Waals surface area contributed by atoms with Crippen LogP contribution in [0, 0.1) is 5.92 Å². The molecule has 2 N–H and O–H groups in total. The number of methoxy groups -OCH3 is 1. The van der Waals surface area contributed by atoms with Crippen molar-refractivity contribution in [2.45, 2.75) is 13.3 Å². The molecule has 6 heteroatoms. The molecule has 0 spiro atoms. The van der Waals surface area contributed by atoms with Crippen molar-refractivity contribution < 1.29 is 19.4 Å². The Morgan fingerprint density at radius 1 is 1.56 bits per heavy atom. The molecule has 0 rings (SSSR count). The predicted octanol–water partition coefficient (Wildman–Crippen LogP) is 0.941. The fourth-order valence-electron chi connectivity index (χ4n) is 1.26. The third kappa shape index (κ3) is 6.90. The van der Waals surface area contributed by atoms with Gasteiger partial charge in [0.15, 0.2) is 0 Å². The molecule has 0 saturated carbocycles. The number of rotatable bonds is 9. The Kier molecular flexibility index (Phi) is 8.65. The van der Waals surface area contributed by atoms with Crippen molar-refractivity contribution in [2.24, 2.45) is 5.92 Å². The molecule has 0 bridgehead atoms. The van der Waals surface area contributed by atoms with E-state index in [2.05, 4.69) is 11.9 Å². The summed E-state index contributed by atoms with van der Waals surface area (Å²) in [4.78, 5) is 23.9. The summed E-state index contributed by atoms with van der Waals surface area (Å²) in [5, 5.41) is 11.4. The number of carbonyl (C=O) groups excluding carboxylic acids is 1. The number of carbonyl (C=O) groups is 2. The molecule has 0 aliphatic heterocycles. The Morgan fingerprint density at radius 2 is 2.22 bits per heavy atom. The van der Waals surface area contributed by atoms with Gasteiger partial charge in [-0.1, -0.05) is 13.0 Å². The van der Waals surface area contributed by atoms with Crippen LogP contribution in [-0.2, 0) is 9.53 Å². The standard InChI is InChI=1S/C12H22N2O4/c1-4-7-14(8-9-18-3)12(17)13-6-5-10(2)11(15)16/h4,10H,1,5-9H2,2-3H3,(H,13,17)(H,15,16). The Morgan fingerprint density at radius 3 is 2.72 bits per heavy atom. The second-order valence-electron chi connectivity index (χ2n) is 3.99. The first kappa shape index (κ1) is 16.4. The maximum atomic E-state index is 11.8. The van der Waals surface area contributed by atoms with Crippen LogP contribution in [-0.4, -0.2) is 55.4 Å². The number of ether oxygens (including phenoxy) is 1. The van der Waals surface area contributed by atoms with Gasteiger partial charge in [-0.25, -0.2) is 4.79 Å². The number of urea groups is 1. The number of amides is 2. The van der Waals surface area contributed by atoms with Crippen LogP contribution >= 0.6 is 0 Å². The minimum absolute atomic E-state index is 0.232. The second kappa shape index (κ2) is 9.47. The Hall–Kier alpha value is -1.56. The molecule has 0 aromatic rings. The maximum absolute atomic E-state index is 11.8. The van der Waals surface area contributed by atoms with Crippen molar-refractivity contribution in [1.82, 2.24) is 10.2 Å². The number of carboxylic acid groups (broad SMARTS) is 1. The lowest BCUT2D eigenvalue weighted by atomic mass is 10.1. The van der Waals surface area contributed by atoms with Gasteiger partial charge in [0, 0.05) is 26.7 Å². The number of nitrogens with one attached hydrogen (secondary N) is 1. The van der Waals surface area contributed by atoms with Crippen LogP contribution in [0.1, 0.15) is 13.3 Å². The van der Waals surface area contributed by atoms with Crippen LogP contribution < -0.4 is 5.32 Å². The molecule has 6 nitrogen and oxygen atoms in total. The van der Waals surface area contributed by atoms with Crippen LogP contribution in [0.2, 0.25) is 0 Å². The summed E-state index contributed by atoms with van der Waals surface area (Å²) in [6.45, 7) is 6.90. The molecule has 1 unspecified atom stereocenters. The highest BCUT2D eigenvalue weighted by molar-refractivity contribution is 5.74. The van der Waals surface area contributed by atoms with E-state index in [1.165, 1.54) is 0 Å². The molecular formula is C12H22N2O4. The van der Waals surface area contributed by atoms with Crippen LogP contribution in [0.4, 0.5) is 4.79 Å². The van der Waals surface area contributed by atoms with Crippen LogP contribution in [0.3, 0.4) is 0 Å². The summed E-state index contributed by atoms with van der Waals surface area (Å²) in [6.07, 6.45) is 2.04. The zero-order chi connectivity index (χ0) is 14.0. The Balaban J connectivity index is 4.01. The van der Waals surface area contributed by atoms with E-state index in [-0.39, 0.29) is 6.03 Å². The summed E-state index contributed by atoms with van der Waals surface area (Å²) >= 11 is 0. The Bertz CT molecular complexity index is 281. The van der Waals surface area contributed by atoms with Crippen LogP contribution in [0.15, 0.2) is 12.7 Å². The van der Waals surface area contributed by atoms with Crippen molar-refractivity contribution in [2.75, 3.05) is 33.4 Å². The molecule has 2 amide bonds. The van der Waals surface area contributed by atoms with Gasteiger partial charge in [-0.3, -0.25) is 4.79 Å². The zero-order valence-corrected chi connectivity index (χ0v) is 11.0. The molecule has 0 fully saturated rings. The average Bonchev–Trinajstić information content (AvgIpc) is 2.33. The molecule has 18 heavy (non-hydrogen) atoms. The smallest absolute Gasteiger partial charge is 0.317 e. The lowest BCUT2D eigenvalue weighted by Gasteiger charge is -2.21. The van der Waals surface area contributed by atoms with Gasteiger partial charge >= 0.3 is 12.0 Å². The van der Waals surface area contributed by atoms with Crippen molar-refractivity contribution in [1.29, 1.82) is 0 Å². The van der Waals surface area contributed by atoms with Gasteiger partial charge in [0.05, 0.1) is 12.5 Å². The highest BCUT2D eigenvalue weighted by Crippen LogP contribution is 2.00. The van der Waals surface area contributed by atoms with Gasteiger partial charge in [-0.05, 0) is 6.42 Å². The number of hydrogen-bond acceptors (Lipinski definition) is 3. The molecule has 0 heterocycles.